The lowest BCUT2D eigenvalue weighted by atomic mass is 10.0. The Balaban J connectivity index is 1.36. The number of thioether (sulfide) groups is 1. The SMILES string of the molecule is CO/N=C(\C(=O)N[C@@H]1C(=O)N2C(C(=O)O)=C(C[n+]3ccc4ccsc4c3)CS[C@H]12)c1csc(N)n1. The third-order valence-corrected chi connectivity index (χ3v) is 8.41. The molecule has 0 spiro atoms. The number of pyridine rings is 1. The zero-order chi connectivity index (χ0) is 24.7. The molecule has 0 radical (unpaired) electrons. The van der Waals surface area contributed by atoms with Gasteiger partial charge < -0.3 is 21.0 Å². The number of hydrogen-bond acceptors (Lipinski definition) is 10. The number of rotatable bonds is 7. The number of hydrogen-bond donors (Lipinski definition) is 3. The van der Waals surface area contributed by atoms with Crippen LogP contribution >= 0.6 is 34.4 Å². The average Bonchev–Trinajstić information content (AvgIpc) is 3.48. The van der Waals surface area contributed by atoms with E-state index >= 15 is 0 Å². The maximum atomic E-state index is 13.0. The summed E-state index contributed by atoms with van der Waals surface area (Å²) < 4.78 is 3.00. The molecule has 3 aromatic rings. The number of β-lactam (4-membered cyclic amide) rings is 1. The van der Waals surface area contributed by atoms with E-state index in [1.807, 2.05) is 34.5 Å². The van der Waals surface area contributed by atoms with Crippen LogP contribution in [0.4, 0.5) is 5.13 Å². The molecule has 0 bridgehead atoms. The molecule has 0 unspecified atom stereocenters. The molecule has 2 aliphatic heterocycles. The van der Waals surface area contributed by atoms with E-state index < -0.39 is 29.2 Å². The van der Waals surface area contributed by atoms with Gasteiger partial charge in [0, 0.05) is 28.2 Å². The van der Waals surface area contributed by atoms with Crippen LogP contribution in [0.1, 0.15) is 5.69 Å². The summed E-state index contributed by atoms with van der Waals surface area (Å²) in [4.78, 5) is 48.1. The number of amides is 2. The van der Waals surface area contributed by atoms with Crippen LogP contribution in [0.15, 0.2) is 51.7 Å². The Kier molecular flexibility index (Phi) is 6.17. The van der Waals surface area contributed by atoms with Crippen LogP contribution in [-0.2, 0) is 25.8 Å². The van der Waals surface area contributed by atoms with Gasteiger partial charge in [0.05, 0.1) is 4.70 Å². The van der Waals surface area contributed by atoms with Crippen molar-refractivity contribution in [1.29, 1.82) is 0 Å². The number of nitrogens with one attached hydrogen (secondary N) is 1. The van der Waals surface area contributed by atoms with E-state index in [2.05, 4.69) is 15.5 Å². The van der Waals surface area contributed by atoms with Crippen LogP contribution in [-0.4, -0.2) is 62.8 Å². The molecule has 11 nitrogen and oxygen atoms in total. The minimum Gasteiger partial charge on any atom is -0.477 e. The van der Waals surface area contributed by atoms with E-state index in [0.29, 0.717) is 17.9 Å². The van der Waals surface area contributed by atoms with E-state index in [1.54, 1.807) is 16.7 Å². The van der Waals surface area contributed by atoms with Crippen molar-refractivity contribution in [2.24, 2.45) is 5.16 Å². The molecule has 4 N–H and O–H groups in total. The number of anilines is 1. The molecule has 180 valence electrons. The van der Waals surface area contributed by atoms with Crippen molar-refractivity contribution >= 4 is 73.1 Å². The number of carbonyl (C=O) groups is 3. The number of nitrogens with zero attached hydrogens (tertiary/aromatic N) is 4. The number of aromatic nitrogens is 2. The maximum absolute atomic E-state index is 13.0. The summed E-state index contributed by atoms with van der Waals surface area (Å²) in [6.45, 7) is 0.339. The van der Waals surface area contributed by atoms with Crippen molar-refractivity contribution in [3.8, 4) is 0 Å². The predicted octanol–water partition coefficient (Wildman–Crippen LogP) is 1.02. The van der Waals surface area contributed by atoms with Gasteiger partial charge in [-0.25, -0.2) is 9.78 Å². The molecule has 35 heavy (non-hydrogen) atoms. The first kappa shape index (κ1) is 23.3. The smallest absolute Gasteiger partial charge is 0.352 e. The lowest BCUT2D eigenvalue weighted by molar-refractivity contribution is -0.687. The second kappa shape index (κ2) is 9.28. The standard InChI is InChI=1S/C21H18N6O5S3/c1-32-25-14(12-9-35-21(22)23-12)17(28)24-15-18(29)27-16(20(30)31)11(8-34-19(15)27)6-26-4-2-10-3-5-33-13(10)7-26/h2-5,7,9,15,19H,6,8H2,1H3,(H3-,22,23,24,28,30,31)/p+1/b25-14-/t15-,19-/m1/s1. The van der Waals surface area contributed by atoms with Crippen molar-refractivity contribution in [3.63, 3.8) is 0 Å². The summed E-state index contributed by atoms with van der Waals surface area (Å²) in [7, 11) is 1.29. The van der Waals surface area contributed by atoms with Crippen LogP contribution in [0.25, 0.3) is 10.1 Å². The first-order chi connectivity index (χ1) is 16.9. The second-order valence-corrected chi connectivity index (χ2v) is 10.6. The van der Waals surface area contributed by atoms with Crippen molar-refractivity contribution in [2.45, 2.75) is 18.0 Å². The van der Waals surface area contributed by atoms with E-state index in [9.17, 15) is 19.5 Å². The zero-order valence-corrected chi connectivity index (χ0v) is 20.7. The number of carbonyl (C=O) groups excluding carboxylic acids is 2. The molecule has 14 heteroatoms. The van der Waals surface area contributed by atoms with Crippen LogP contribution in [0.2, 0.25) is 0 Å². The number of oxime groups is 1. The lowest BCUT2D eigenvalue weighted by Crippen LogP contribution is -2.71. The van der Waals surface area contributed by atoms with Gasteiger partial charge in [0.25, 0.3) is 11.8 Å². The Hall–Kier alpha value is -3.49. The quantitative estimate of drug-likeness (QED) is 0.177. The van der Waals surface area contributed by atoms with Gasteiger partial charge in [-0.1, -0.05) is 5.16 Å². The van der Waals surface area contributed by atoms with Crippen LogP contribution in [0.5, 0.6) is 0 Å². The van der Waals surface area contributed by atoms with E-state index in [1.165, 1.54) is 23.8 Å². The van der Waals surface area contributed by atoms with Crippen LogP contribution in [0.3, 0.4) is 0 Å². The normalized spacial score (nSPS) is 20.0. The molecule has 5 rings (SSSR count). The number of fused-ring (bicyclic) bond motifs is 2. The highest BCUT2D eigenvalue weighted by molar-refractivity contribution is 8.00. The molecule has 2 aliphatic rings. The number of nitrogens with two attached hydrogens (primary N) is 1. The Bertz CT molecular complexity index is 1410. The summed E-state index contributed by atoms with van der Waals surface area (Å²) in [5.41, 5.74) is 6.33. The Morgan fingerprint density at radius 2 is 2.23 bits per heavy atom. The van der Waals surface area contributed by atoms with Gasteiger partial charge in [-0.2, -0.15) is 4.57 Å². The number of thiazole rings is 1. The van der Waals surface area contributed by atoms with Crippen molar-refractivity contribution < 1.29 is 28.9 Å². The fourth-order valence-corrected chi connectivity index (χ4v) is 6.68. The summed E-state index contributed by atoms with van der Waals surface area (Å²) in [5, 5.41) is 20.7. The molecule has 1 fully saturated rings. The first-order valence-corrected chi connectivity index (χ1v) is 13.1. The Morgan fingerprint density at radius 1 is 1.40 bits per heavy atom. The minimum atomic E-state index is -1.18. The summed E-state index contributed by atoms with van der Waals surface area (Å²) in [6, 6.07) is 3.09. The van der Waals surface area contributed by atoms with Crippen LogP contribution in [0, 0.1) is 0 Å². The first-order valence-electron chi connectivity index (χ1n) is 10.3. The third kappa shape index (κ3) is 4.24. The highest BCUT2D eigenvalue weighted by atomic mass is 32.2. The van der Waals surface area contributed by atoms with E-state index in [-0.39, 0.29) is 22.2 Å². The number of nitrogen functional groups attached to an aromatic ring is 1. The highest BCUT2D eigenvalue weighted by Crippen LogP contribution is 2.40. The molecule has 3 aromatic heterocycles. The van der Waals surface area contributed by atoms with E-state index in [0.717, 1.165) is 21.4 Å². The average molecular weight is 532 g/mol. The molecule has 2 atom stereocenters. The topological polar surface area (TPSA) is 151 Å². The largest absolute Gasteiger partial charge is 0.477 e. The maximum Gasteiger partial charge on any atom is 0.352 e. The van der Waals surface area contributed by atoms with Gasteiger partial charge in [-0.3, -0.25) is 14.5 Å². The Labute approximate surface area is 210 Å². The van der Waals surface area contributed by atoms with E-state index in [4.69, 9.17) is 10.6 Å². The molecule has 2 amide bonds. The second-order valence-electron chi connectivity index (χ2n) is 7.67. The highest BCUT2D eigenvalue weighted by Gasteiger charge is 2.54. The summed E-state index contributed by atoms with van der Waals surface area (Å²) >= 11 is 4.14. The van der Waals surface area contributed by atoms with Gasteiger partial charge >= 0.3 is 5.97 Å². The molecular weight excluding hydrogens is 512 g/mol. The molecule has 1 saturated heterocycles. The molecule has 0 aliphatic carbocycles. The molecular formula is C21H19N6O5S3+. The zero-order valence-electron chi connectivity index (χ0n) is 18.2. The number of carboxylic acid groups (broad SMARTS) is 1. The molecule has 0 saturated carbocycles. The van der Waals surface area contributed by atoms with Crippen molar-refractivity contribution in [2.75, 3.05) is 18.6 Å². The number of aliphatic carboxylic acids is 1. The van der Waals surface area contributed by atoms with Gasteiger partial charge in [0.15, 0.2) is 29.8 Å². The lowest BCUT2D eigenvalue weighted by Gasteiger charge is -2.49. The fourth-order valence-electron chi connectivity index (χ4n) is 3.97. The summed E-state index contributed by atoms with van der Waals surface area (Å²) in [5.74, 6) is -1.94. The molecule has 5 heterocycles. The molecule has 0 aromatic carbocycles. The monoisotopic (exact) mass is 531 g/mol. The number of thiophene rings is 1. The number of carboxylic acids is 1. The van der Waals surface area contributed by atoms with Crippen LogP contribution < -0.4 is 15.6 Å². The van der Waals surface area contributed by atoms with Gasteiger partial charge in [0.2, 0.25) is 0 Å². The van der Waals surface area contributed by atoms with Gasteiger partial charge in [-0.05, 0) is 11.4 Å². The predicted molar refractivity (Wildman–Crippen MR) is 132 cm³/mol. The fraction of sp³-hybridized carbons (Fsp3) is 0.238. The van der Waals surface area contributed by atoms with Crippen molar-refractivity contribution in [3.05, 3.63) is 52.3 Å². The van der Waals surface area contributed by atoms with Gasteiger partial charge in [0.1, 0.15) is 29.9 Å². The van der Waals surface area contributed by atoms with Crippen molar-refractivity contribution in [1.82, 2.24) is 15.2 Å². The Morgan fingerprint density at radius 3 is 2.94 bits per heavy atom. The minimum absolute atomic E-state index is 0.0407. The van der Waals surface area contributed by atoms with Gasteiger partial charge in [-0.15, -0.1) is 34.4 Å². The third-order valence-electron chi connectivity index (χ3n) is 5.53. The summed E-state index contributed by atoms with van der Waals surface area (Å²) in [6.07, 6.45) is 3.85.